The van der Waals surface area contributed by atoms with Gasteiger partial charge >= 0.3 is 0 Å². The third-order valence-electron chi connectivity index (χ3n) is 3.88. The van der Waals surface area contributed by atoms with E-state index in [1.807, 2.05) is 24.3 Å². The molecule has 1 aromatic carbocycles. The molecule has 5 nitrogen and oxygen atoms in total. The van der Waals surface area contributed by atoms with E-state index in [9.17, 15) is 9.90 Å². The molecular formula is C15H22N2O3. The van der Waals surface area contributed by atoms with Gasteiger partial charge in [0.1, 0.15) is 0 Å². The first-order chi connectivity index (χ1) is 9.60. The zero-order valence-corrected chi connectivity index (χ0v) is 11.5. The molecule has 1 aromatic rings. The molecule has 0 radical (unpaired) electrons. The van der Waals surface area contributed by atoms with E-state index in [2.05, 4.69) is 5.32 Å². The van der Waals surface area contributed by atoms with Gasteiger partial charge in [-0.05, 0) is 30.4 Å². The van der Waals surface area contributed by atoms with Gasteiger partial charge in [-0.25, -0.2) is 0 Å². The average Bonchev–Trinajstić information content (AvgIpc) is 2.47. The predicted molar refractivity (Wildman–Crippen MR) is 75.5 cm³/mol. The Hall–Kier alpha value is -1.43. The quantitative estimate of drug-likeness (QED) is 0.636. The van der Waals surface area contributed by atoms with Crippen LogP contribution in [0.5, 0.6) is 0 Å². The number of benzene rings is 1. The Bertz CT molecular complexity index is 464. The van der Waals surface area contributed by atoms with Crippen molar-refractivity contribution in [1.82, 2.24) is 5.32 Å². The number of rotatable bonds is 4. The first kappa shape index (κ1) is 15.0. The van der Waals surface area contributed by atoms with E-state index in [1.54, 1.807) is 0 Å². The van der Waals surface area contributed by atoms with Crippen LogP contribution in [0.4, 0.5) is 0 Å². The van der Waals surface area contributed by atoms with Gasteiger partial charge in [0, 0.05) is 18.5 Å². The Morgan fingerprint density at radius 1 is 1.35 bits per heavy atom. The van der Waals surface area contributed by atoms with E-state index in [-0.39, 0.29) is 24.5 Å². The molecule has 0 heterocycles. The van der Waals surface area contributed by atoms with Crippen LogP contribution >= 0.6 is 0 Å². The molecule has 0 spiro atoms. The minimum absolute atomic E-state index is 0.00546. The lowest BCUT2D eigenvalue weighted by Crippen LogP contribution is -2.44. The van der Waals surface area contributed by atoms with Crippen molar-refractivity contribution in [2.24, 2.45) is 11.7 Å². The maximum Gasteiger partial charge on any atom is 0.223 e. The molecule has 0 aliphatic heterocycles. The van der Waals surface area contributed by atoms with Crippen molar-refractivity contribution in [3.05, 3.63) is 35.4 Å². The molecule has 1 fully saturated rings. The van der Waals surface area contributed by atoms with E-state index >= 15 is 0 Å². The van der Waals surface area contributed by atoms with E-state index in [1.165, 1.54) is 0 Å². The van der Waals surface area contributed by atoms with E-state index in [4.69, 9.17) is 10.8 Å². The number of amides is 1. The summed E-state index contributed by atoms with van der Waals surface area (Å²) >= 11 is 0. The molecule has 3 atom stereocenters. The van der Waals surface area contributed by atoms with Crippen LogP contribution < -0.4 is 11.1 Å². The molecule has 0 unspecified atom stereocenters. The van der Waals surface area contributed by atoms with Gasteiger partial charge in [0.15, 0.2) is 0 Å². The highest BCUT2D eigenvalue weighted by molar-refractivity contribution is 5.78. The second-order valence-electron chi connectivity index (χ2n) is 5.44. The number of nitrogens with two attached hydrogens (primary N) is 1. The fourth-order valence-corrected chi connectivity index (χ4v) is 2.58. The summed E-state index contributed by atoms with van der Waals surface area (Å²) in [5.74, 6) is -0.198. The normalized spacial score (nSPS) is 26.2. The molecule has 0 aromatic heterocycles. The van der Waals surface area contributed by atoms with Crippen molar-refractivity contribution in [3.8, 4) is 0 Å². The Morgan fingerprint density at radius 3 is 2.80 bits per heavy atom. The minimum Gasteiger partial charge on any atom is -0.392 e. The number of carbonyl (C=O) groups is 1. The summed E-state index contributed by atoms with van der Waals surface area (Å²) in [6.45, 7) is 0.430. The first-order valence-electron chi connectivity index (χ1n) is 7.00. The van der Waals surface area contributed by atoms with Crippen molar-refractivity contribution in [1.29, 1.82) is 0 Å². The van der Waals surface area contributed by atoms with E-state index in [0.717, 1.165) is 17.5 Å². The Kier molecular flexibility index (Phi) is 5.11. The number of hydrogen-bond acceptors (Lipinski definition) is 4. The Balaban J connectivity index is 1.85. The third-order valence-corrected chi connectivity index (χ3v) is 3.88. The molecule has 20 heavy (non-hydrogen) atoms. The van der Waals surface area contributed by atoms with Crippen LogP contribution in [0.3, 0.4) is 0 Å². The average molecular weight is 278 g/mol. The van der Waals surface area contributed by atoms with Crippen LogP contribution in [0, 0.1) is 5.92 Å². The van der Waals surface area contributed by atoms with Gasteiger partial charge in [-0.15, -0.1) is 0 Å². The molecule has 1 aliphatic rings. The van der Waals surface area contributed by atoms with Crippen LogP contribution in [-0.4, -0.2) is 28.3 Å². The van der Waals surface area contributed by atoms with Gasteiger partial charge in [0.2, 0.25) is 5.91 Å². The summed E-state index contributed by atoms with van der Waals surface area (Å²) in [5, 5.41) is 21.7. The van der Waals surface area contributed by atoms with Crippen LogP contribution in [0.2, 0.25) is 0 Å². The summed E-state index contributed by atoms with van der Waals surface area (Å²) < 4.78 is 0. The molecule has 1 amide bonds. The van der Waals surface area contributed by atoms with Gasteiger partial charge in [0.25, 0.3) is 0 Å². The lowest BCUT2D eigenvalue weighted by atomic mass is 9.84. The number of aliphatic hydroxyl groups excluding tert-OH is 2. The largest absolute Gasteiger partial charge is 0.392 e. The van der Waals surface area contributed by atoms with Gasteiger partial charge in [-0.3, -0.25) is 4.79 Å². The van der Waals surface area contributed by atoms with Crippen LogP contribution in [0.1, 0.15) is 30.4 Å². The second-order valence-corrected chi connectivity index (χ2v) is 5.44. The molecule has 110 valence electrons. The molecule has 1 aliphatic carbocycles. The summed E-state index contributed by atoms with van der Waals surface area (Å²) in [6, 6.07) is 7.26. The smallest absolute Gasteiger partial charge is 0.223 e. The van der Waals surface area contributed by atoms with Crippen LogP contribution in [-0.2, 0) is 17.9 Å². The summed E-state index contributed by atoms with van der Waals surface area (Å²) in [7, 11) is 0. The zero-order chi connectivity index (χ0) is 14.5. The molecule has 0 bridgehead atoms. The van der Waals surface area contributed by atoms with Crippen LogP contribution in [0.25, 0.3) is 0 Å². The molecule has 2 rings (SSSR count). The molecule has 5 heteroatoms. The predicted octanol–water partition coefficient (Wildman–Crippen LogP) is 0.283. The van der Waals surface area contributed by atoms with Crippen molar-refractivity contribution >= 4 is 5.91 Å². The summed E-state index contributed by atoms with van der Waals surface area (Å²) in [6.07, 6.45) is 1.25. The Morgan fingerprint density at radius 2 is 2.10 bits per heavy atom. The van der Waals surface area contributed by atoms with Crippen molar-refractivity contribution in [3.63, 3.8) is 0 Å². The highest BCUT2D eigenvalue weighted by Crippen LogP contribution is 2.23. The van der Waals surface area contributed by atoms with Crippen molar-refractivity contribution in [2.75, 3.05) is 0 Å². The topological polar surface area (TPSA) is 95.6 Å². The minimum atomic E-state index is -0.586. The number of nitrogens with one attached hydrogen (secondary N) is 1. The standard InChI is InChI=1S/C15H22N2O3/c16-13-5-4-12(7-14(13)19)15(20)17-8-10-2-1-3-11(6-10)9-18/h1-3,6,12-14,18-19H,4-5,7-9,16H2,(H,17,20)/t12-,13+,14+/m0/s1. The van der Waals surface area contributed by atoms with Gasteiger partial charge in [-0.2, -0.15) is 0 Å². The highest BCUT2D eigenvalue weighted by atomic mass is 16.3. The SMILES string of the molecule is N[C@@H]1CC[C@H](C(=O)NCc2cccc(CO)c2)C[C@H]1O. The van der Waals surface area contributed by atoms with Gasteiger partial charge in [0.05, 0.1) is 12.7 Å². The fourth-order valence-electron chi connectivity index (χ4n) is 2.58. The second kappa shape index (κ2) is 6.83. The third kappa shape index (κ3) is 3.79. The molecule has 0 saturated heterocycles. The van der Waals surface area contributed by atoms with Gasteiger partial charge in [-0.1, -0.05) is 24.3 Å². The first-order valence-corrected chi connectivity index (χ1v) is 7.00. The number of hydrogen-bond donors (Lipinski definition) is 4. The lowest BCUT2D eigenvalue weighted by molar-refractivity contribution is -0.127. The molecule has 5 N–H and O–H groups in total. The zero-order valence-electron chi connectivity index (χ0n) is 11.5. The maximum absolute atomic E-state index is 12.1. The maximum atomic E-state index is 12.1. The van der Waals surface area contributed by atoms with Crippen molar-refractivity contribution in [2.45, 2.75) is 44.6 Å². The lowest BCUT2D eigenvalue weighted by Gasteiger charge is -2.29. The monoisotopic (exact) mass is 278 g/mol. The summed E-state index contributed by atoms with van der Waals surface area (Å²) in [5.41, 5.74) is 7.52. The molecular weight excluding hydrogens is 256 g/mol. The molecule has 1 saturated carbocycles. The Labute approximate surface area is 118 Å². The fraction of sp³-hybridized carbons (Fsp3) is 0.533. The van der Waals surface area contributed by atoms with E-state index < -0.39 is 6.10 Å². The van der Waals surface area contributed by atoms with Crippen molar-refractivity contribution < 1.29 is 15.0 Å². The van der Waals surface area contributed by atoms with Gasteiger partial charge < -0.3 is 21.3 Å². The highest BCUT2D eigenvalue weighted by Gasteiger charge is 2.30. The number of aliphatic hydroxyl groups is 2. The summed E-state index contributed by atoms with van der Waals surface area (Å²) in [4.78, 5) is 12.1. The number of carbonyl (C=O) groups excluding carboxylic acids is 1. The van der Waals surface area contributed by atoms with Crippen LogP contribution in [0.15, 0.2) is 24.3 Å². The van der Waals surface area contributed by atoms with E-state index in [0.29, 0.717) is 19.4 Å².